The van der Waals surface area contributed by atoms with Crippen molar-refractivity contribution in [1.29, 1.82) is 0 Å². The first-order chi connectivity index (χ1) is 17.5. The van der Waals surface area contributed by atoms with Crippen LogP contribution in [0.3, 0.4) is 0 Å². The Balaban J connectivity index is 1.41. The summed E-state index contributed by atoms with van der Waals surface area (Å²) in [6.07, 6.45) is 3.39. The van der Waals surface area contributed by atoms with E-state index < -0.39 is 11.6 Å². The van der Waals surface area contributed by atoms with Gasteiger partial charge >= 0.3 is 0 Å². The van der Waals surface area contributed by atoms with Gasteiger partial charge in [0.15, 0.2) is 0 Å². The maximum absolute atomic E-state index is 14.2. The van der Waals surface area contributed by atoms with Crippen LogP contribution in [0.4, 0.5) is 8.78 Å². The van der Waals surface area contributed by atoms with E-state index in [1.807, 2.05) is 35.2 Å². The molecule has 5 rings (SSSR count). The number of hydrogen-bond donors (Lipinski definition) is 1. The molecule has 0 bridgehead atoms. The highest BCUT2D eigenvalue weighted by Gasteiger charge is 2.34. The quantitative estimate of drug-likeness (QED) is 0.534. The minimum absolute atomic E-state index is 0.119. The summed E-state index contributed by atoms with van der Waals surface area (Å²) in [6.45, 7) is 2.26. The summed E-state index contributed by atoms with van der Waals surface area (Å²) in [5.74, 6) is -1.48. The fourth-order valence-electron chi connectivity index (χ4n) is 4.72. The van der Waals surface area contributed by atoms with Gasteiger partial charge in [-0.2, -0.15) is 5.10 Å². The number of benzene rings is 2. The Morgan fingerprint density at radius 3 is 2.72 bits per heavy atom. The smallest absolute Gasteiger partial charge is 0.258 e. The van der Waals surface area contributed by atoms with Gasteiger partial charge in [-0.05, 0) is 36.6 Å². The number of ether oxygens (including phenoxy) is 1. The third kappa shape index (κ3) is 4.92. The summed E-state index contributed by atoms with van der Waals surface area (Å²) in [6, 6.07) is 14.4. The molecule has 3 aromatic rings. The van der Waals surface area contributed by atoms with Gasteiger partial charge in [0.05, 0.1) is 55.0 Å². The van der Waals surface area contributed by atoms with Gasteiger partial charge in [-0.15, -0.1) is 0 Å². The molecule has 3 heterocycles. The van der Waals surface area contributed by atoms with Crippen molar-refractivity contribution < 1.29 is 18.3 Å². The van der Waals surface area contributed by atoms with Gasteiger partial charge in [-0.3, -0.25) is 14.5 Å². The number of aliphatic imine (C=N–C) groups is 1. The second-order valence-corrected chi connectivity index (χ2v) is 8.88. The van der Waals surface area contributed by atoms with Gasteiger partial charge in [-0.25, -0.2) is 8.78 Å². The standard InChI is InChI=1S/C27H27F2N5O2/c28-19-8-9-21(22(29)15-19)23-10-13-33(32-23)16-20-7-4-12-34(20)27(35)25(24-17-36-14-11-31-24)26(30)18-5-2-1-3-6-18/h1-3,5-6,8-10,13,15,20H,4,7,11-12,14,16-17,30H2/b26-25+/t20-/m0/s1. The highest BCUT2D eigenvalue weighted by atomic mass is 19.1. The molecule has 1 atom stereocenters. The van der Waals surface area contributed by atoms with E-state index in [9.17, 15) is 13.6 Å². The first-order valence-electron chi connectivity index (χ1n) is 12.0. The monoisotopic (exact) mass is 491 g/mol. The molecule has 2 aromatic carbocycles. The molecule has 1 amide bonds. The molecule has 2 N–H and O–H groups in total. The van der Waals surface area contributed by atoms with Crippen molar-refractivity contribution in [3.63, 3.8) is 0 Å². The lowest BCUT2D eigenvalue weighted by Crippen LogP contribution is -2.42. The van der Waals surface area contributed by atoms with Gasteiger partial charge in [0.25, 0.3) is 5.91 Å². The fourth-order valence-corrected chi connectivity index (χ4v) is 4.72. The van der Waals surface area contributed by atoms with Crippen LogP contribution in [0.25, 0.3) is 17.0 Å². The van der Waals surface area contributed by atoms with Crippen molar-refractivity contribution in [3.8, 4) is 11.3 Å². The number of halogens is 2. The maximum Gasteiger partial charge on any atom is 0.258 e. The van der Waals surface area contributed by atoms with Crippen molar-refractivity contribution in [2.75, 3.05) is 26.3 Å². The minimum atomic E-state index is -0.667. The van der Waals surface area contributed by atoms with Crippen LogP contribution in [0, 0.1) is 11.6 Å². The lowest BCUT2D eigenvalue weighted by atomic mass is 10.0. The zero-order valence-electron chi connectivity index (χ0n) is 19.7. The molecule has 9 heteroatoms. The van der Waals surface area contributed by atoms with Crippen molar-refractivity contribution in [1.82, 2.24) is 14.7 Å². The highest BCUT2D eigenvalue weighted by Crippen LogP contribution is 2.26. The molecule has 2 aliphatic heterocycles. The number of aromatic nitrogens is 2. The molecule has 1 saturated heterocycles. The molecular weight excluding hydrogens is 464 g/mol. The van der Waals surface area contributed by atoms with Crippen molar-refractivity contribution in [2.24, 2.45) is 10.7 Å². The van der Waals surface area contributed by atoms with E-state index in [2.05, 4.69) is 10.1 Å². The summed E-state index contributed by atoms with van der Waals surface area (Å²) < 4.78 is 34.8. The zero-order valence-corrected chi connectivity index (χ0v) is 19.7. The van der Waals surface area contributed by atoms with Crippen LogP contribution in [0.5, 0.6) is 0 Å². The van der Waals surface area contributed by atoms with Gasteiger partial charge in [0.2, 0.25) is 0 Å². The van der Waals surface area contributed by atoms with Crippen LogP contribution in [-0.4, -0.2) is 58.6 Å². The number of nitrogens with two attached hydrogens (primary N) is 1. The molecule has 2 aliphatic rings. The Kier molecular flexibility index (Phi) is 6.90. The third-order valence-corrected chi connectivity index (χ3v) is 6.52. The number of hydrogen-bond acceptors (Lipinski definition) is 5. The van der Waals surface area contributed by atoms with E-state index in [1.54, 1.807) is 16.9 Å². The van der Waals surface area contributed by atoms with Crippen LogP contribution < -0.4 is 5.73 Å². The molecule has 0 unspecified atom stereocenters. The summed E-state index contributed by atoms with van der Waals surface area (Å²) in [4.78, 5) is 20.3. The normalized spacial score (nSPS) is 18.7. The highest BCUT2D eigenvalue weighted by molar-refractivity contribution is 6.26. The van der Waals surface area contributed by atoms with Gasteiger partial charge < -0.3 is 15.4 Å². The Hall–Kier alpha value is -3.85. The van der Waals surface area contributed by atoms with E-state index in [-0.39, 0.29) is 24.1 Å². The second kappa shape index (κ2) is 10.4. The SMILES string of the molecule is N/C(=C(/C(=O)N1CCC[C@H]1Cn1ccc(-c2ccc(F)cc2F)n1)C1=NCCOC1)c1ccccc1. The number of rotatable bonds is 6. The Labute approximate surface area is 207 Å². The fraction of sp³-hybridized carbons (Fsp3) is 0.296. The molecule has 1 aromatic heterocycles. The van der Waals surface area contributed by atoms with E-state index in [1.165, 1.54) is 12.1 Å². The Morgan fingerprint density at radius 2 is 1.97 bits per heavy atom. The molecule has 36 heavy (non-hydrogen) atoms. The van der Waals surface area contributed by atoms with Crippen LogP contribution in [0.2, 0.25) is 0 Å². The number of amides is 1. The van der Waals surface area contributed by atoms with E-state index in [0.29, 0.717) is 48.9 Å². The maximum atomic E-state index is 14.2. The van der Waals surface area contributed by atoms with Crippen LogP contribution >= 0.6 is 0 Å². The molecule has 0 saturated carbocycles. The molecule has 0 spiro atoms. The van der Waals surface area contributed by atoms with Crippen LogP contribution in [0.15, 0.2) is 71.4 Å². The molecule has 7 nitrogen and oxygen atoms in total. The summed E-state index contributed by atoms with van der Waals surface area (Å²) in [5, 5.41) is 4.48. The minimum Gasteiger partial charge on any atom is -0.398 e. The number of nitrogens with zero attached hydrogens (tertiary/aromatic N) is 4. The summed E-state index contributed by atoms with van der Waals surface area (Å²) in [5.41, 5.74) is 9.25. The Bertz CT molecular complexity index is 1320. The molecule has 186 valence electrons. The molecule has 1 fully saturated rings. The first-order valence-corrected chi connectivity index (χ1v) is 12.0. The lowest BCUT2D eigenvalue weighted by Gasteiger charge is -2.28. The van der Waals surface area contributed by atoms with Crippen LogP contribution in [0.1, 0.15) is 18.4 Å². The average Bonchev–Trinajstić information content (AvgIpc) is 3.55. The zero-order chi connectivity index (χ0) is 25.1. The van der Waals surface area contributed by atoms with E-state index in [0.717, 1.165) is 24.5 Å². The van der Waals surface area contributed by atoms with Gasteiger partial charge in [0.1, 0.15) is 11.6 Å². The Morgan fingerprint density at radius 1 is 1.14 bits per heavy atom. The summed E-state index contributed by atoms with van der Waals surface area (Å²) in [7, 11) is 0. The third-order valence-electron chi connectivity index (χ3n) is 6.52. The van der Waals surface area contributed by atoms with Crippen molar-refractivity contribution in [2.45, 2.75) is 25.4 Å². The number of likely N-dealkylation sites (tertiary alicyclic amines) is 1. The predicted molar refractivity (Wildman–Crippen MR) is 133 cm³/mol. The number of carbonyl (C=O) groups is 1. The molecule has 0 radical (unpaired) electrons. The van der Waals surface area contributed by atoms with Crippen LogP contribution in [-0.2, 0) is 16.1 Å². The second-order valence-electron chi connectivity index (χ2n) is 8.88. The average molecular weight is 492 g/mol. The molecule has 0 aliphatic carbocycles. The first kappa shape index (κ1) is 23.9. The van der Waals surface area contributed by atoms with Crippen molar-refractivity contribution >= 4 is 17.3 Å². The number of carbonyl (C=O) groups excluding carboxylic acids is 1. The lowest BCUT2D eigenvalue weighted by molar-refractivity contribution is -0.127. The van der Waals surface area contributed by atoms with E-state index in [4.69, 9.17) is 10.5 Å². The van der Waals surface area contributed by atoms with Gasteiger partial charge in [-0.1, -0.05) is 30.3 Å². The largest absolute Gasteiger partial charge is 0.398 e. The van der Waals surface area contributed by atoms with Crippen molar-refractivity contribution in [3.05, 3.63) is 83.6 Å². The summed E-state index contributed by atoms with van der Waals surface area (Å²) >= 11 is 0. The van der Waals surface area contributed by atoms with E-state index >= 15 is 0 Å². The topological polar surface area (TPSA) is 85.7 Å². The predicted octanol–water partition coefficient (Wildman–Crippen LogP) is 3.66. The van der Waals surface area contributed by atoms with Gasteiger partial charge in [0, 0.05) is 24.4 Å². The molecular formula is C27H27F2N5O2.